The van der Waals surface area contributed by atoms with Crippen LogP contribution in [0.3, 0.4) is 0 Å². The predicted octanol–water partition coefficient (Wildman–Crippen LogP) is 4.96. The zero-order valence-electron chi connectivity index (χ0n) is 12.3. The molecule has 4 nitrogen and oxygen atoms in total. The predicted molar refractivity (Wildman–Crippen MR) is 85.6 cm³/mol. The molecule has 0 atom stereocenters. The molecule has 0 N–H and O–H groups in total. The first-order valence-electron chi connectivity index (χ1n) is 6.84. The van der Waals surface area contributed by atoms with Crippen LogP contribution in [-0.4, -0.2) is 19.1 Å². The SMILES string of the molecule is O=S(=O)(c1c(-c2ccc(Cl)cc2)noc1-c1ccccc1)C(F)(F)F. The Morgan fingerprint density at radius 2 is 1.52 bits per heavy atom. The van der Waals surface area contributed by atoms with Gasteiger partial charge in [0.05, 0.1) is 0 Å². The molecule has 0 amide bonds. The lowest BCUT2D eigenvalue weighted by Gasteiger charge is -2.09. The number of benzene rings is 2. The highest BCUT2D eigenvalue weighted by Crippen LogP contribution is 2.42. The van der Waals surface area contributed by atoms with Gasteiger partial charge in [-0.25, -0.2) is 8.42 Å². The lowest BCUT2D eigenvalue weighted by molar-refractivity contribution is -0.0435. The number of aromatic nitrogens is 1. The van der Waals surface area contributed by atoms with Gasteiger partial charge in [-0.05, 0) is 12.1 Å². The molecule has 9 heteroatoms. The van der Waals surface area contributed by atoms with E-state index in [1.54, 1.807) is 18.2 Å². The summed E-state index contributed by atoms with van der Waals surface area (Å²) < 4.78 is 68.7. The van der Waals surface area contributed by atoms with Crippen molar-refractivity contribution in [3.8, 4) is 22.6 Å². The summed E-state index contributed by atoms with van der Waals surface area (Å²) in [6, 6.07) is 13.2. The first-order valence-corrected chi connectivity index (χ1v) is 8.70. The maximum Gasteiger partial charge on any atom is 0.502 e. The lowest BCUT2D eigenvalue weighted by Crippen LogP contribution is -2.24. The second-order valence-corrected chi connectivity index (χ2v) is 7.33. The van der Waals surface area contributed by atoms with Crippen LogP contribution in [0.1, 0.15) is 0 Å². The first-order chi connectivity index (χ1) is 11.7. The summed E-state index contributed by atoms with van der Waals surface area (Å²) in [6.45, 7) is 0. The van der Waals surface area contributed by atoms with Crippen molar-refractivity contribution in [2.75, 3.05) is 0 Å². The Kier molecular flexibility index (Phi) is 4.34. The highest BCUT2D eigenvalue weighted by Gasteiger charge is 2.51. The Labute approximate surface area is 145 Å². The first kappa shape index (κ1) is 17.5. The van der Waals surface area contributed by atoms with Gasteiger partial charge in [-0.3, -0.25) is 0 Å². The molecule has 0 bridgehead atoms. The maximum atomic E-state index is 13.2. The summed E-state index contributed by atoms with van der Waals surface area (Å²) in [7, 11) is -5.69. The molecule has 0 radical (unpaired) electrons. The molecule has 0 aliphatic heterocycles. The quantitative estimate of drug-likeness (QED) is 0.637. The van der Waals surface area contributed by atoms with E-state index in [2.05, 4.69) is 5.16 Å². The molecular formula is C16H9ClF3NO3S. The molecule has 0 fully saturated rings. The van der Waals surface area contributed by atoms with Crippen molar-refractivity contribution in [3.63, 3.8) is 0 Å². The highest BCUT2D eigenvalue weighted by atomic mass is 35.5. The van der Waals surface area contributed by atoms with Gasteiger partial charge >= 0.3 is 5.51 Å². The summed E-state index contributed by atoms with van der Waals surface area (Å²) in [5, 5.41) is 3.92. The van der Waals surface area contributed by atoms with Crippen LogP contribution in [-0.2, 0) is 9.84 Å². The standard InChI is InChI=1S/C16H9ClF3NO3S/c17-12-8-6-10(7-9-12)13-15(25(22,23)16(18,19)20)14(24-21-13)11-4-2-1-3-5-11/h1-9H. The molecular weight excluding hydrogens is 379 g/mol. The van der Waals surface area contributed by atoms with Crippen LogP contribution >= 0.6 is 11.6 Å². The van der Waals surface area contributed by atoms with Crippen molar-refractivity contribution in [2.45, 2.75) is 10.4 Å². The van der Waals surface area contributed by atoms with E-state index in [9.17, 15) is 21.6 Å². The second kappa shape index (κ2) is 6.20. The molecule has 1 aromatic heterocycles. The molecule has 3 aromatic rings. The van der Waals surface area contributed by atoms with Crippen molar-refractivity contribution in [2.24, 2.45) is 0 Å². The van der Waals surface area contributed by atoms with E-state index in [-0.39, 0.29) is 11.1 Å². The number of sulfone groups is 1. The fourth-order valence-electron chi connectivity index (χ4n) is 2.21. The van der Waals surface area contributed by atoms with E-state index >= 15 is 0 Å². The molecule has 0 saturated heterocycles. The van der Waals surface area contributed by atoms with Crippen LogP contribution in [0.25, 0.3) is 22.6 Å². The van der Waals surface area contributed by atoms with E-state index in [1.807, 2.05) is 0 Å². The Hall–Kier alpha value is -2.32. The zero-order chi connectivity index (χ0) is 18.2. The summed E-state index contributed by atoms with van der Waals surface area (Å²) in [5.41, 5.74) is -5.62. The molecule has 1 heterocycles. The van der Waals surface area contributed by atoms with Gasteiger partial charge in [0.15, 0.2) is 10.7 Å². The van der Waals surface area contributed by atoms with E-state index in [0.717, 1.165) is 0 Å². The highest BCUT2D eigenvalue weighted by molar-refractivity contribution is 7.92. The summed E-state index contributed by atoms with van der Waals surface area (Å²) >= 11 is 5.76. The van der Waals surface area contributed by atoms with Gasteiger partial charge in [-0.2, -0.15) is 13.2 Å². The third-order valence-corrected chi connectivity index (χ3v) is 5.15. The summed E-state index contributed by atoms with van der Waals surface area (Å²) in [5.74, 6) is -0.470. The molecule has 130 valence electrons. The summed E-state index contributed by atoms with van der Waals surface area (Å²) in [4.78, 5) is -1.02. The second-order valence-electron chi connectivity index (χ2n) is 5.01. The van der Waals surface area contributed by atoms with Crippen LogP contribution in [0.4, 0.5) is 13.2 Å². The molecule has 0 unspecified atom stereocenters. The largest absolute Gasteiger partial charge is 0.502 e. The van der Waals surface area contributed by atoms with Crippen LogP contribution in [0.2, 0.25) is 5.02 Å². The number of rotatable bonds is 3. The Morgan fingerprint density at radius 3 is 2.08 bits per heavy atom. The van der Waals surface area contributed by atoms with Crippen LogP contribution < -0.4 is 0 Å². The van der Waals surface area contributed by atoms with Crippen molar-refractivity contribution < 1.29 is 26.1 Å². The Bertz CT molecular complexity index is 997. The van der Waals surface area contributed by atoms with Gasteiger partial charge in [0.1, 0.15) is 5.69 Å². The number of nitrogens with zero attached hydrogens (tertiary/aromatic N) is 1. The average Bonchev–Trinajstić information content (AvgIpc) is 3.01. The Morgan fingerprint density at radius 1 is 0.920 bits per heavy atom. The average molecular weight is 388 g/mol. The van der Waals surface area contributed by atoms with Crippen LogP contribution in [0, 0.1) is 0 Å². The monoisotopic (exact) mass is 387 g/mol. The lowest BCUT2D eigenvalue weighted by atomic mass is 10.1. The molecule has 3 rings (SSSR count). The topological polar surface area (TPSA) is 60.2 Å². The van der Waals surface area contributed by atoms with E-state index in [1.165, 1.54) is 36.4 Å². The van der Waals surface area contributed by atoms with Gasteiger partial charge in [0.25, 0.3) is 9.84 Å². The number of halogens is 4. The van der Waals surface area contributed by atoms with Gasteiger partial charge < -0.3 is 4.52 Å². The van der Waals surface area contributed by atoms with Crippen molar-refractivity contribution in [1.82, 2.24) is 5.16 Å². The smallest absolute Gasteiger partial charge is 0.354 e. The minimum atomic E-state index is -5.69. The van der Waals surface area contributed by atoms with Gasteiger partial charge in [0, 0.05) is 16.1 Å². The molecule has 25 heavy (non-hydrogen) atoms. The maximum absolute atomic E-state index is 13.2. The van der Waals surface area contributed by atoms with E-state index in [4.69, 9.17) is 16.1 Å². The zero-order valence-corrected chi connectivity index (χ0v) is 13.9. The van der Waals surface area contributed by atoms with Crippen molar-refractivity contribution in [1.29, 1.82) is 0 Å². The van der Waals surface area contributed by atoms with Gasteiger partial charge in [-0.1, -0.05) is 59.2 Å². The molecule has 2 aromatic carbocycles. The van der Waals surface area contributed by atoms with Gasteiger partial charge in [-0.15, -0.1) is 0 Å². The van der Waals surface area contributed by atoms with Gasteiger partial charge in [0.2, 0.25) is 0 Å². The number of hydrogen-bond donors (Lipinski definition) is 0. The number of hydrogen-bond acceptors (Lipinski definition) is 4. The molecule has 0 aliphatic carbocycles. The van der Waals surface area contributed by atoms with Crippen molar-refractivity contribution >= 4 is 21.4 Å². The minimum Gasteiger partial charge on any atom is -0.354 e. The molecule has 0 spiro atoms. The van der Waals surface area contributed by atoms with Crippen LogP contribution in [0.5, 0.6) is 0 Å². The molecule has 0 aliphatic rings. The Balaban J connectivity index is 2.31. The normalized spacial score (nSPS) is 12.3. The number of alkyl halides is 3. The van der Waals surface area contributed by atoms with Crippen molar-refractivity contribution in [3.05, 3.63) is 59.6 Å². The van der Waals surface area contributed by atoms with Crippen LogP contribution in [0.15, 0.2) is 64.0 Å². The fourth-order valence-corrected chi connectivity index (χ4v) is 3.38. The minimum absolute atomic E-state index is 0.137. The fraction of sp³-hybridized carbons (Fsp3) is 0.0625. The van der Waals surface area contributed by atoms with E-state index in [0.29, 0.717) is 5.02 Å². The third-order valence-electron chi connectivity index (χ3n) is 3.38. The summed E-state index contributed by atoms with van der Waals surface area (Å²) in [6.07, 6.45) is 0. The third kappa shape index (κ3) is 3.14. The molecule has 0 saturated carbocycles. The van der Waals surface area contributed by atoms with E-state index < -0.39 is 31.7 Å².